The zero-order chi connectivity index (χ0) is 17.4. The number of hydrogen-bond acceptors (Lipinski definition) is 3. The van der Waals surface area contributed by atoms with Gasteiger partial charge in [0.1, 0.15) is 5.82 Å². The number of aromatic nitrogens is 1. The number of piperidine rings is 1. The molecule has 1 amide bonds. The summed E-state index contributed by atoms with van der Waals surface area (Å²) in [5.41, 5.74) is 1.10. The first-order valence-corrected chi connectivity index (χ1v) is 9.44. The zero-order valence-corrected chi connectivity index (χ0v) is 14.5. The number of fused-ring (bicyclic) bond motifs is 4. The van der Waals surface area contributed by atoms with Crippen molar-refractivity contribution in [1.29, 1.82) is 0 Å². The van der Waals surface area contributed by atoms with Gasteiger partial charge >= 0.3 is 0 Å². The first kappa shape index (κ1) is 16.4. The number of pyridine rings is 1. The molecule has 2 bridgehead atoms. The van der Waals surface area contributed by atoms with E-state index in [9.17, 15) is 14.0 Å². The summed E-state index contributed by atoms with van der Waals surface area (Å²) in [5, 5.41) is 0. The second-order valence-corrected chi connectivity index (χ2v) is 7.79. The fourth-order valence-corrected chi connectivity index (χ4v) is 4.67. The third kappa shape index (κ3) is 3.35. The number of thioether (sulfide) groups is 1. The maximum absolute atomic E-state index is 12.9. The topological polar surface area (TPSA) is 42.3 Å². The first-order valence-electron chi connectivity index (χ1n) is 8.46. The smallest absolute Gasteiger partial charge is 0.250 e. The van der Waals surface area contributed by atoms with E-state index in [1.165, 1.54) is 23.9 Å². The highest BCUT2D eigenvalue weighted by atomic mass is 32.2. The Morgan fingerprint density at radius 2 is 1.92 bits per heavy atom. The van der Waals surface area contributed by atoms with E-state index in [2.05, 4.69) is 0 Å². The maximum atomic E-state index is 12.9. The van der Waals surface area contributed by atoms with Crippen molar-refractivity contribution in [1.82, 2.24) is 9.47 Å². The van der Waals surface area contributed by atoms with Gasteiger partial charge in [0.15, 0.2) is 0 Å². The van der Waals surface area contributed by atoms with E-state index in [-0.39, 0.29) is 23.2 Å². The Labute approximate surface area is 149 Å². The van der Waals surface area contributed by atoms with Gasteiger partial charge < -0.3 is 9.47 Å². The van der Waals surface area contributed by atoms with Crippen molar-refractivity contribution in [2.75, 3.05) is 18.8 Å². The molecular weight excluding hydrogens is 339 g/mol. The number of hydrogen-bond donors (Lipinski definition) is 0. The Hall–Kier alpha value is -2.08. The number of likely N-dealkylation sites (tertiary alicyclic amines) is 1. The molecule has 2 aliphatic rings. The number of rotatable bonds is 3. The minimum atomic E-state index is -0.270. The van der Waals surface area contributed by atoms with Crippen LogP contribution in [-0.4, -0.2) is 34.2 Å². The van der Waals surface area contributed by atoms with Gasteiger partial charge in [0.2, 0.25) is 5.91 Å². The van der Waals surface area contributed by atoms with Crippen molar-refractivity contribution in [2.45, 2.75) is 23.8 Å². The molecule has 4 rings (SSSR count). The molecule has 3 heterocycles. The van der Waals surface area contributed by atoms with Crippen molar-refractivity contribution >= 4 is 17.7 Å². The van der Waals surface area contributed by atoms with Crippen molar-refractivity contribution < 1.29 is 9.18 Å². The van der Waals surface area contributed by atoms with E-state index in [0.717, 1.165) is 17.0 Å². The Morgan fingerprint density at radius 3 is 2.72 bits per heavy atom. The Bertz CT molecular complexity index is 849. The van der Waals surface area contributed by atoms with Gasteiger partial charge in [-0.15, -0.1) is 11.8 Å². The average molecular weight is 358 g/mol. The van der Waals surface area contributed by atoms with Crippen molar-refractivity contribution in [3.8, 4) is 0 Å². The highest BCUT2D eigenvalue weighted by molar-refractivity contribution is 8.00. The fraction of sp³-hybridized carbons (Fsp3) is 0.368. The molecule has 0 N–H and O–H groups in total. The quantitative estimate of drug-likeness (QED) is 0.793. The molecule has 2 atom stereocenters. The van der Waals surface area contributed by atoms with Crippen LogP contribution in [0.4, 0.5) is 4.39 Å². The van der Waals surface area contributed by atoms with E-state index < -0.39 is 0 Å². The molecule has 6 heteroatoms. The normalized spacial score (nSPS) is 21.7. The highest BCUT2D eigenvalue weighted by Crippen LogP contribution is 2.35. The molecule has 1 saturated heterocycles. The molecule has 0 radical (unpaired) electrons. The van der Waals surface area contributed by atoms with Crippen LogP contribution in [0, 0.1) is 11.7 Å². The number of amides is 1. The van der Waals surface area contributed by atoms with E-state index >= 15 is 0 Å². The van der Waals surface area contributed by atoms with Crippen molar-refractivity contribution in [3.63, 3.8) is 0 Å². The van der Waals surface area contributed by atoms with Gasteiger partial charge in [-0.3, -0.25) is 9.59 Å². The molecule has 4 nitrogen and oxygen atoms in total. The van der Waals surface area contributed by atoms with Crippen LogP contribution in [-0.2, 0) is 11.3 Å². The monoisotopic (exact) mass is 358 g/mol. The number of carbonyl (C=O) groups excluding carboxylic acids is 1. The van der Waals surface area contributed by atoms with Crippen LogP contribution >= 0.6 is 11.8 Å². The lowest BCUT2D eigenvalue weighted by Crippen LogP contribution is -2.49. The summed E-state index contributed by atoms with van der Waals surface area (Å²) < 4.78 is 14.8. The second-order valence-electron chi connectivity index (χ2n) is 6.74. The lowest BCUT2D eigenvalue weighted by molar-refractivity contribution is -0.131. The van der Waals surface area contributed by atoms with E-state index in [1.807, 2.05) is 15.5 Å². The van der Waals surface area contributed by atoms with Crippen LogP contribution in [0.15, 0.2) is 52.2 Å². The molecule has 0 spiro atoms. The standard InChI is InChI=1S/C19H19FN2O2S/c20-15-4-6-16(7-5-15)25-12-19(24)21-9-13-8-14(11-21)17-2-1-3-18(23)22(17)10-13/h1-7,13-14H,8-12H2/t13-,14-/m0/s1. The van der Waals surface area contributed by atoms with Gasteiger partial charge in [0, 0.05) is 42.2 Å². The van der Waals surface area contributed by atoms with Crippen LogP contribution in [0.2, 0.25) is 0 Å². The number of nitrogens with zero attached hydrogens (tertiary/aromatic N) is 2. The number of carbonyl (C=O) groups is 1. The third-order valence-electron chi connectivity index (χ3n) is 5.01. The summed E-state index contributed by atoms with van der Waals surface area (Å²) >= 11 is 1.43. The Balaban J connectivity index is 1.44. The molecule has 0 unspecified atom stereocenters. The number of benzene rings is 1. The molecule has 2 aliphatic heterocycles. The Morgan fingerprint density at radius 1 is 1.12 bits per heavy atom. The number of halogens is 1. The summed E-state index contributed by atoms with van der Waals surface area (Å²) in [5.74, 6) is 0.767. The molecule has 0 aliphatic carbocycles. The molecule has 2 aromatic rings. The van der Waals surface area contributed by atoms with Crippen LogP contribution < -0.4 is 5.56 Å². The minimum absolute atomic E-state index is 0.0545. The van der Waals surface area contributed by atoms with Gasteiger partial charge in [-0.05, 0) is 42.7 Å². The molecule has 130 valence electrons. The van der Waals surface area contributed by atoms with E-state index in [1.54, 1.807) is 24.3 Å². The molecule has 0 saturated carbocycles. The summed E-state index contributed by atoms with van der Waals surface area (Å²) in [6.07, 6.45) is 1.04. The second kappa shape index (κ2) is 6.67. The molecule has 1 aromatic heterocycles. The Kier molecular flexibility index (Phi) is 4.37. The van der Waals surface area contributed by atoms with Crippen LogP contribution in [0.5, 0.6) is 0 Å². The molecule has 1 aromatic carbocycles. The largest absolute Gasteiger partial charge is 0.341 e. The first-order chi connectivity index (χ1) is 12.1. The predicted octanol–water partition coefficient (Wildman–Crippen LogP) is 2.73. The lowest BCUT2D eigenvalue weighted by Gasteiger charge is -2.42. The average Bonchev–Trinajstić information content (AvgIpc) is 2.62. The van der Waals surface area contributed by atoms with Gasteiger partial charge in [-0.25, -0.2) is 4.39 Å². The van der Waals surface area contributed by atoms with Gasteiger partial charge in [0.05, 0.1) is 5.75 Å². The van der Waals surface area contributed by atoms with Crippen LogP contribution in [0.25, 0.3) is 0 Å². The van der Waals surface area contributed by atoms with Crippen LogP contribution in [0.1, 0.15) is 18.0 Å². The summed E-state index contributed by atoms with van der Waals surface area (Å²) in [6, 6.07) is 11.6. The molecule has 25 heavy (non-hydrogen) atoms. The zero-order valence-electron chi connectivity index (χ0n) is 13.7. The van der Waals surface area contributed by atoms with Gasteiger partial charge in [-0.2, -0.15) is 0 Å². The third-order valence-corrected chi connectivity index (χ3v) is 6.01. The lowest BCUT2D eigenvalue weighted by atomic mass is 9.83. The van der Waals surface area contributed by atoms with Crippen molar-refractivity contribution in [3.05, 3.63) is 64.3 Å². The molecule has 1 fully saturated rings. The van der Waals surface area contributed by atoms with E-state index in [4.69, 9.17) is 0 Å². The van der Waals surface area contributed by atoms with Crippen LogP contribution in [0.3, 0.4) is 0 Å². The maximum Gasteiger partial charge on any atom is 0.250 e. The van der Waals surface area contributed by atoms with E-state index in [0.29, 0.717) is 31.3 Å². The predicted molar refractivity (Wildman–Crippen MR) is 95.3 cm³/mol. The molecular formula is C19H19FN2O2S. The summed E-state index contributed by atoms with van der Waals surface area (Å²) in [6.45, 7) is 2.07. The SMILES string of the molecule is O=C(CSc1ccc(F)cc1)N1C[C@@H]2C[C@@H](C1)c1cccc(=O)n1C2. The minimum Gasteiger partial charge on any atom is -0.341 e. The summed E-state index contributed by atoms with van der Waals surface area (Å²) in [7, 11) is 0. The fourth-order valence-electron chi connectivity index (χ4n) is 3.87. The highest BCUT2D eigenvalue weighted by Gasteiger charge is 2.35. The van der Waals surface area contributed by atoms with Gasteiger partial charge in [0.25, 0.3) is 5.56 Å². The summed E-state index contributed by atoms with van der Waals surface area (Å²) in [4.78, 5) is 27.5. The van der Waals surface area contributed by atoms with Gasteiger partial charge in [-0.1, -0.05) is 6.07 Å². The van der Waals surface area contributed by atoms with Crippen molar-refractivity contribution in [2.24, 2.45) is 5.92 Å².